The van der Waals surface area contributed by atoms with Gasteiger partial charge in [0.25, 0.3) is 0 Å². The molecular weight excluding hydrogens is 350 g/mol. The summed E-state index contributed by atoms with van der Waals surface area (Å²) in [6, 6.07) is 1.01. The van der Waals surface area contributed by atoms with Crippen LogP contribution in [0, 0.1) is 0 Å². The van der Waals surface area contributed by atoms with Crippen LogP contribution in [-0.2, 0) is 9.53 Å². The van der Waals surface area contributed by atoms with Gasteiger partial charge >= 0.3 is 17.7 Å². The number of aliphatic hydroxyl groups excluding tert-OH is 2. The molecule has 5 N–H and O–H groups in total. The third-order valence-electron chi connectivity index (χ3n) is 3.31. The van der Waals surface area contributed by atoms with Crippen molar-refractivity contribution in [2.75, 3.05) is 18.5 Å². The smallest absolute Gasteiger partial charge is 0.405 e. The molecule has 25 heavy (non-hydrogen) atoms. The van der Waals surface area contributed by atoms with E-state index in [1.54, 1.807) is 5.32 Å². The SMILES string of the molecule is O=C(O)NCC(=O)Nc1ccn([C@@H]2O[C@H](CO)[C@@H](O)C2(F)F)c(=O)n1. The highest BCUT2D eigenvalue weighted by Crippen LogP contribution is 2.41. The fourth-order valence-electron chi connectivity index (χ4n) is 2.12. The summed E-state index contributed by atoms with van der Waals surface area (Å²) in [7, 11) is 0. The molecule has 0 unspecified atom stereocenters. The first kappa shape index (κ1) is 18.7. The Morgan fingerprint density at radius 3 is 2.64 bits per heavy atom. The molecular formula is C12H14F2N4O7. The van der Waals surface area contributed by atoms with Gasteiger partial charge in [-0.2, -0.15) is 13.8 Å². The number of halogens is 2. The van der Waals surface area contributed by atoms with Crippen molar-refractivity contribution in [1.82, 2.24) is 14.9 Å². The molecule has 11 nitrogen and oxygen atoms in total. The number of aromatic nitrogens is 2. The molecule has 2 rings (SSSR count). The number of alkyl halides is 2. The van der Waals surface area contributed by atoms with E-state index >= 15 is 0 Å². The van der Waals surface area contributed by atoms with Gasteiger partial charge in [-0.3, -0.25) is 9.36 Å². The highest BCUT2D eigenvalue weighted by atomic mass is 19.3. The van der Waals surface area contributed by atoms with E-state index in [2.05, 4.69) is 10.3 Å². The quantitative estimate of drug-likeness (QED) is 0.414. The monoisotopic (exact) mass is 364 g/mol. The van der Waals surface area contributed by atoms with Gasteiger partial charge in [-0.25, -0.2) is 9.59 Å². The van der Waals surface area contributed by atoms with E-state index < -0.39 is 55.2 Å². The fraction of sp³-hybridized carbons (Fsp3) is 0.500. The molecule has 0 bridgehead atoms. The molecule has 1 aromatic rings. The van der Waals surface area contributed by atoms with Crippen LogP contribution in [0.25, 0.3) is 0 Å². The molecule has 0 saturated carbocycles. The van der Waals surface area contributed by atoms with Crippen molar-refractivity contribution in [1.29, 1.82) is 0 Å². The van der Waals surface area contributed by atoms with Gasteiger partial charge in [0, 0.05) is 6.20 Å². The molecule has 1 aliphatic heterocycles. The van der Waals surface area contributed by atoms with Crippen molar-refractivity contribution in [2.24, 2.45) is 0 Å². The highest BCUT2D eigenvalue weighted by molar-refractivity contribution is 5.92. The maximum absolute atomic E-state index is 14.0. The summed E-state index contributed by atoms with van der Waals surface area (Å²) in [6.07, 6.45) is -6.64. The number of anilines is 1. The average Bonchev–Trinajstić information content (AvgIpc) is 2.76. The maximum Gasteiger partial charge on any atom is 0.405 e. The zero-order chi connectivity index (χ0) is 18.8. The highest BCUT2D eigenvalue weighted by Gasteiger charge is 2.59. The lowest BCUT2D eigenvalue weighted by Gasteiger charge is -2.21. The Morgan fingerprint density at radius 1 is 1.44 bits per heavy atom. The van der Waals surface area contributed by atoms with Gasteiger partial charge in [-0.15, -0.1) is 0 Å². The fourth-order valence-corrected chi connectivity index (χ4v) is 2.12. The summed E-state index contributed by atoms with van der Waals surface area (Å²) >= 11 is 0. The number of hydrogen-bond acceptors (Lipinski definition) is 7. The maximum atomic E-state index is 14.0. The molecule has 1 aromatic heterocycles. The second kappa shape index (κ2) is 7.08. The van der Waals surface area contributed by atoms with Crippen LogP contribution < -0.4 is 16.3 Å². The number of carbonyl (C=O) groups is 2. The minimum Gasteiger partial charge on any atom is -0.465 e. The van der Waals surface area contributed by atoms with Gasteiger partial charge in [0.05, 0.1) is 6.61 Å². The van der Waals surface area contributed by atoms with Gasteiger partial charge in [0.15, 0.2) is 6.10 Å². The lowest BCUT2D eigenvalue weighted by atomic mass is 10.1. The molecule has 3 atom stereocenters. The topological polar surface area (TPSA) is 163 Å². The lowest BCUT2D eigenvalue weighted by molar-refractivity contribution is -0.141. The zero-order valence-corrected chi connectivity index (χ0v) is 12.4. The minimum atomic E-state index is -3.85. The standard InChI is InChI=1S/C12H14F2N4O7/c13-12(14)8(21)5(4-19)25-9(12)18-2-1-6(17-10(18)22)16-7(20)3-15-11(23)24/h1-2,5,8-9,15,19,21H,3-4H2,(H,23,24)(H,16,17,20,22)/t5-,8-,9-/m1/s1. The van der Waals surface area contributed by atoms with Crippen LogP contribution in [0.3, 0.4) is 0 Å². The van der Waals surface area contributed by atoms with E-state index in [-0.39, 0.29) is 5.82 Å². The van der Waals surface area contributed by atoms with Crippen LogP contribution in [0.1, 0.15) is 6.23 Å². The van der Waals surface area contributed by atoms with Crippen LogP contribution in [-0.4, -0.2) is 68.2 Å². The summed E-state index contributed by atoms with van der Waals surface area (Å²) in [5, 5.41) is 30.6. The number of hydrogen-bond donors (Lipinski definition) is 5. The van der Waals surface area contributed by atoms with E-state index in [0.29, 0.717) is 4.57 Å². The van der Waals surface area contributed by atoms with Crippen LogP contribution in [0.5, 0.6) is 0 Å². The summed E-state index contributed by atoms with van der Waals surface area (Å²) in [5.74, 6) is -4.97. The lowest BCUT2D eigenvalue weighted by Crippen LogP contribution is -2.42. The largest absolute Gasteiger partial charge is 0.465 e. The first-order chi connectivity index (χ1) is 11.7. The summed E-state index contributed by atoms with van der Waals surface area (Å²) in [6.45, 7) is -1.48. The van der Waals surface area contributed by atoms with Crippen molar-refractivity contribution in [2.45, 2.75) is 24.4 Å². The Balaban J connectivity index is 2.16. The summed E-state index contributed by atoms with van der Waals surface area (Å²) in [5.41, 5.74) is -1.21. The Bertz CT molecular complexity index is 726. The Hall–Kier alpha value is -2.64. The third-order valence-corrected chi connectivity index (χ3v) is 3.31. The van der Waals surface area contributed by atoms with Gasteiger partial charge in [-0.05, 0) is 6.07 Å². The molecule has 13 heteroatoms. The number of carbonyl (C=O) groups excluding carboxylic acids is 1. The number of rotatable bonds is 5. The first-order valence-corrected chi connectivity index (χ1v) is 6.85. The molecule has 0 spiro atoms. The summed E-state index contributed by atoms with van der Waals surface area (Å²) in [4.78, 5) is 36.9. The molecule has 0 radical (unpaired) electrons. The molecule has 138 valence electrons. The molecule has 2 amide bonds. The molecule has 1 fully saturated rings. The number of nitrogens with zero attached hydrogens (tertiary/aromatic N) is 2. The average molecular weight is 364 g/mol. The molecule has 2 heterocycles. The van der Waals surface area contributed by atoms with E-state index in [1.165, 1.54) is 0 Å². The Kier molecular flexibility index (Phi) is 5.30. The number of aliphatic hydroxyl groups is 2. The van der Waals surface area contributed by atoms with E-state index in [4.69, 9.17) is 14.9 Å². The van der Waals surface area contributed by atoms with Gasteiger partial charge < -0.3 is 30.7 Å². The van der Waals surface area contributed by atoms with Gasteiger partial charge in [-0.1, -0.05) is 0 Å². The summed E-state index contributed by atoms with van der Waals surface area (Å²) < 4.78 is 33.2. The minimum absolute atomic E-state index is 0.293. The number of ether oxygens (including phenoxy) is 1. The third kappa shape index (κ3) is 3.89. The van der Waals surface area contributed by atoms with Crippen LogP contribution >= 0.6 is 0 Å². The molecule has 1 aliphatic rings. The van der Waals surface area contributed by atoms with Crippen molar-refractivity contribution < 1.29 is 38.4 Å². The van der Waals surface area contributed by atoms with Gasteiger partial charge in [0.1, 0.15) is 18.5 Å². The zero-order valence-electron chi connectivity index (χ0n) is 12.4. The predicted octanol–water partition coefficient (Wildman–Crippen LogP) is -1.66. The Labute approximate surface area is 137 Å². The molecule has 0 aromatic carbocycles. The second-order valence-corrected chi connectivity index (χ2v) is 5.04. The van der Waals surface area contributed by atoms with Crippen LogP contribution in [0.2, 0.25) is 0 Å². The van der Waals surface area contributed by atoms with Crippen molar-refractivity contribution in [3.8, 4) is 0 Å². The number of nitrogens with one attached hydrogen (secondary N) is 2. The number of amides is 2. The first-order valence-electron chi connectivity index (χ1n) is 6.85. The Morgan fingerprint density at radius 2 is 2.12 bits per heavy atom. The van der Waals surface area contributed by atoms with E-state index in [9.17, 15) is 28.3 Å². The number of carboxylic acid groups (broad SMARTS) is 1. The van der Waals surface area contributed by atoms with Gasteiger partial charge in [0.2, 0.25) is 12.1 Å². The second-order valence-electron chi connectivity index (χ2n) is 5.04. The van der Waals surface area contributed by atoms with Crippen molar-refractivity contribution >= 4 is 17.8 Å². The molecule has 0 aliphatic carbocycles. The van der Waals surface area contributed by atoms with E-state index in [0.717, 1.165) is 12.3 Å². The normalized spacial score (nSPS) is 24.7. The van der Waals surface area contributed by atoms with Crippen LogP contribution in [0.4, 0.5) is 19.4 Å². The predicted molar refractivity (Wildman–Crippen MR) is 75.1 cm³/mol. The van der Waals surface area contributed by atoms with E-state index in [1.807, 2.05) is 0 Å². The van der Waals surface area contributed by atoms with Crippen LogP contribution in [0.15, 0.2) is 17.1 Å². The molecule has 1 saturated heterocycles. The van der Waals surface area contributed by atoms with Crippen molar-refractivity contribution in [3.63, 3.8) is 0 Å². The van der Waals surface area contributed by atoms with Crippen molar-refractivity contribution in [3.05, 3.63) is 22.7 Å².